The van der Waals surface area contributed by atoms with Crippen molar-refractivity contribution < 1.29 is 9.53 Å². The number of methoxy groups -OCH3 is 1. The molecule has 3 heteroatoms. The predicted molar refractivity (Wildman–Crippen MR) is 76.3 cm³/mol. The lowest BCUT2D eigenvalue weighted by Gasteiger charge is -2.17. The Kier molecular flexibility index (Phi) is 4.44. The van der Waals surface area contributed by atoms with E-state index in [1.54, 1.807) is 14.0 Å². The number of carbonyl (C=O) groups excluding carboxylic acids is 1. The van der Waals surface area contributed by atoms with Gasteiger partial charge in [-0.25, -0.2) is 0 Å². The van der Waals surface area contributed by atoms with E-state index in [2.05, 4.69) is 22.0 Å². The van der Waals surface area contributed by atoms with E-state index in [0.717, 1.165) is 15.8 Å². The molecule has 1 saturated carbocycles. The zero-order valence-corrected chi connectivity index (χ0v) is 12.5. The molecule has 0 amide bonds. The Bertz CT molecular complexity index is 448. The molecule has 0 aliphatic heterocycles. The molecule has 1 aromatic rings. The molecule has 2 nitrogen and oxygen atoms in total. The number of Topliss-reactive ketones (excluding diaryl/α,β-unsaturated/α-hetero) is 1. The second-order valence-corrected chi connectivity index (χ2v) is 5.91. The first-order chi connectivity index (χ1) is 8.61. The van der Waals surface area contributed by atoms with E-state index in [9.17, 15) is 4.79 Å². The summed E-state index contributed by atoms with van der Waals surface area (Å²) in [6.45, 7) is 1.63. The number of hydrogen-bond donors (Lipinski definition) is 0. The third-order valence-electron chi connectivity index (χ3n) is 3.58. The quantitative estimate of drug-likeness (QED) is 0.831. The Morgan fingerprint density at radius 1 is 1.39 bits per heavy atom. The first-order valence-electron chi connectivity index (χ1n) is 6.47. The van der Waals surface area contributed by atoms with Gasteiger partial charge in [0.15, 0.2) is 0 Å². The zero-order valence-electron chi connectivity index (χ0n) is 11.0. The fourth-order valence-corrected chi connectivity index (χ4v) is 3.50. The number of halogens is 1. The molecule has 0 spiro atoms. The first-order valence-corrected chi connectivity index (χ1v) is 7.27. The molecule has 1 aromatic carbocycles. The molecule has 18 heavy (non-hydrogen) atoms. The highest BCUT2D eigenvalue weighted by atomic mass is 79.9. The van der Waals surface area contributed by atoms with Gasteiger partial charge in [-0.1, -0.05) is 18.9 Å². The van der Waals surface area contributed by atoms with Crippen molar-refractivity contribution in [3.8, 4) is 5.75 Å². The van der Waals surface area contributed by atoms with Gasteiger partial charge in [0.05, 0.1) is 11.6 Å². The van der Waals surface area contributed by atoms with Crippen molar-refractivity contribution in [2.45, 2.75) is 44.9 Å². The second kappa shape index (κ2) is 5.87. The summed E-state index contributed by atoms with van der Waals surface area (Å²) >= 11 is 3.56. The summed E-state index contributed by atoms with van der Waals surface area (Å²) in [7, 11) is 1.71. The van der Waals surface area contributed by atoms with Crippen LogP contribution in [0, 0.1) is 0 Å². The highest BCUT2D eigenvalue weighted by Gasteiger charge is 2.22. The van der Waals surface area contributed by atoms with Crippen molar-refractivity contribution in [1.29, 1.82) is 0 Å². The maximum atomic E-state index is 11.3. The monoisotopic (exact) mass is 310 g/mol. The van der Waals surface area contributed by atoms with Crippen LogP contribution >= 0.6 is 15.9 Å². The molecule has 1 fully saturated rings. The molecule has 0 radical (unpaired) electrons. The number of benzene rings is 1. The summed E-state index contributed by atoms with van der Waals surface area (Å²) in [4.78, 5) is 11.3. The average molecular weight is 311 g/mol. The van der Waals surface area contributed by atoms with Gasteiger partial charge in [-0.3, -0.25) is 4.79 Å². The standard InChI is InChI=1S/C15H19BrO2/c1-10(17)7-11-8-13(12-5-3-4-6-12)15(18-2)14(16)9-11/h8-9,12H,3-7H2,1-2H3. The van der Waals surface area contributed by atoms with Gasteiger partial charge in [0.1, 0.15) is 11.5 Å². The fourth-order valence-electron chi connectivity index (χ4n) is 2.82. The number of hydrogen-bond acceptors (Lipinski definition) is 2. The number of rotatable bonds is 4. The Labute approximate surface area is 117 Å². The maximum Gasteiger partial charge on any atom is 0.136 e. The van der Waals surface area contributed by atoms with Gasteiger partial charge in [0.25, 0.3) is 0 Å². The van der Waals surface area contributed by atoms with Crippen LogP contribution in [0.15, 0.2) is 16.6 Å². The van der Waals surface area contributed by atoms with Gasteiger partial charge in [0, 0.05) is 6.42 Å². The minimum absolute atomic E-state index is 0.199. The van der Waals surface area contributed by atoms with Crippen molar-refractivity contribution in [3.63, 3.8) is 0 Å². The number of ether oxygens (including phenoxy) is 1. The summed E-state index contributed by atoms with van der Waals surface area (Å²) in [5.74, 6) is 1.72. The average Bonchev–Trinajstić information content (AvgIpc) is 2.80. The van der Waals surface area contributed by atoms with E-state index in [-0.39, 0.29) is 5.78 Å². The van der Waals surface area contributed by atoms with E-state index in [1.807, 2.05) is 6.07 Å². The lowest BCUT2D eigenvalue weighted by Crippen LogP contribution is -2.03. The molecule has 1 aliphatic carbocycles. The van der Waals surface area contributed by atoms with Crippen molar-refractivity contribution >= 4 is 21.7 Å². The highest BCUT2D eigenvalue weighted by molar-refractivity contribution is 9.10. The van der Waals surface area contributed by atoms with E-state index >= 15 is 0 Å². The van der Waals surface area contributed by atoms with Crippen molar-refractivity contribution in [2.24, 2.45) is 0 Å². The van der Waals surface area contributed by atoms with E-state index < -0.39 is 0 Å². The Hall–Kier alpha value is -0.830. The topological polar surface area (TPSA) is 26.3 Å². The number of carbonyl (C=O) groups is 1. The van der Waals surface area contributed by atoms with Crippen LogP contribution in [0.5, 0.6) is 5.75 Å². The van der Waals surface area contributed by atoms with Crippen LogP contribution in [-0.4, -0.2) is 12.9 Å². The molecule has 0 N–H and O–H groups in total. The van der Waals surface area contributed by atoms with Gasteiger partial charge in [-0.05, 0) is 58.8 Å². The summed E-state index contributed by atoms with van der Waals surface area (Å²) < 4.78 is 6.48. The van der Waals surface area contributed by atoms with Crippen LogP contribution < -0.4 is 4.74 Å². The van der Waals surface area contributed by atoms with Crippen LogP contribution in [0.3, 0.4) is 0 Å². The van der Waals surface area contributed by atoms with E-state index in [4.69, 9.17) is 4.74 Å². The van der Waals surface area contributed by atoms with Crippen molar-refractivity contribution in [2.75, 3.05) is 7.11 Å². The lowest BCUT2D eigenvalue weighted by molar-refractivity contribution is -0.116. The summed E-state index contributed by atoms with van der Waals surface area (Å²) in [5, 5.41) is 0. The second-order valence-electron chi connectivity index (χ2n) is 5.06. The summed E-state index contributed by atoms with van der Waals surface area (Å²) in [5.41, 5.74) is 2.35. The molecule has 0 bridgehead atoms. The molecule has 98 valence electrons. The molecule has 2 rings (SSSR count). The Morgan fingerprint density at radius 3 is 2.61 bits per heavy atom. The van der Waals surface area contributed by atoms with Gasteiger partial charge < -0.3 is 4.74 Å². The molecule has 0 heterocycles. The summed E-state index contributed by atoms with van der Waals surface area (Å²) in [6, 6.07) is 4.15. The Morgan fingerprint density at radius 2 is 2.06 bits per heavy atom. The molecule has 0 aromatic heterocycles. The van der Waals surface area contributed by atoms with Gasteiger partial charge in [-0.2, -0.15) is 0 Å². The van der Waals surface area contributed by atoms with E-state index in [1.165, 1.54) is 31.2 Å². The fraction of sp³-hybridized carbons (Fsp3) is 0.533. The number of ketones is 1. The third kappa shape index (κ3) is 2.94. The van der Waals surface area contributed by atoms with Crippen molar-refractivity contribution in [3.05, 3.63) is 27.7 Å². The first kappa shape index (κ1) is 13.6. The largest absolute Gasteiger partial charge is 0.495 e. The smallest absolute Gasteiger partial charge is 0.136 e. The predicted octanol–water partition coefficient (Wildman–Crippen LogP) is 4.25. The van der Waals surface area contributed by atoms with Crippen LogP contribution in [0.2, 0.25) is 0 Å². The third-order valence-corrected chi connectivity index (χ3v) is 4.17. The molecular formula is C15H19BrO2. The summed E-state index contributed by atoms with van der Waals surface area (Å²) in [6.07, 6.45) is 5.55. The van der Waals surface area contributed by atoms with Crippen molar-refractivity contribution in [1.82, 2.24) is 0 Å². The molecule has 0 saturated heterocycles. The lowest BCUT2D eigenvalue weighted by atomic mass is 9.94. The van der Waals surface area contributed by atoms with Crippen LogP contribution in [-0.2, 0) is 11.2 Å². The van der Waals surface area contributed by atoms with Crippen LogP contribution in [0.4, 0.5) is 0 Å². The molecular weight excluding hydrogens is 292 g/mol. The van der Waals surface area contributed by atoms with Gasteiger partial charge >= 0.3 is 0 Å². The molecule has 1 aliphatic rings. The zero-order chi connectivity index (χ0) is 13.1. The van der Waals surface area contributed by atoms with Crippen LogP contribution in [0.25, 0.3) is 0 Å². The van der Waals surface area contributed by atoms with Crippen LogP contribution in [0.1, 0.15) is 49.7 Å². The maximum absolute atomic E-state index is 11.3. The SMILES string of the molecule is COc1c(Br)cc(CC(C)=O)cc1C1CCCC1. The molecule has 0 unspecified atom stereocenters. The molecule has 0 atom stereocenters. The Balaban J connectivity index is 2.39. The normalized spacial score (nSPS) is 15.9. The van der Waals surface area contributed by atoms with E-state index in [0.29, 0.717) is 12.3 Å². The highest BCUT2D eigenvalue weighted by Crippen LogP contribution is 2.42. The van der Waals surface area contributed by atoms with Gasteiger partial charge in [0.2, 0.25) is 0 Å². The minimum Gasteiger partial charge on any atom is -0.495 e. The minimum atomic E-state index is 0.199. The van der Waals surface area contributed by atoms with Gasteiger partial charge in [-0.15, -0.1) is 0 Å².